The summed E-state index contributed by atoms with van der Waals surface area (Å²) in [6.45, 7) is 9.75. The third-order valence-corrected chi connectivity index (χ3v) is 3.46. The molecule has 0 bridgehead atoms. The average molecular weight is 274 g/mol. The van der Waals surface area contributed by atoms with E-state index < -0.39 is 6.10 Å². The average Bonchev–Trinajstić information content (AvgIpc) is 2.63. The monoisotopic (exact) mass is 274 g/mol. The van der Waals surface area contributed by atoms with Crippen molar-refractivity contribution in [2.75, 3.05) is 0 Å². The van der Waals surface area contributed by atoms with Crippen molar-refractivity contribution in [1.29, 1.82) is 0 Å². The van der Waals surface area contributed by atoms with Gasteiger partial charge in [-0.1, -0.05) is 12.1 Å². The summed E-state index contributed by atoms with van der Waals surface area (Å²) in [5, 5.41) is 10.5. The zero-order chi connectivity index (χ0) is 14.9. The fraction of sp³-hybridized carbons (Fsp3) is 0.412. The zero-order valence-electron chi connectivity index (χ0n) is 12.7. The minimum Gasteiger partial charge on any atom is -0.491 e. The molecule has 1 aromatic carbocycles. The zero-order valence-corrected chi connectivity index (χ0v) is 12.7. The number of hydrogen-bond acceptors (Lipinski definition) is 3. The van der Waals surface area contributed by atoms with Crippen LogP contribution in [0.2, 0.25) is 0 Å². The molecule has 20 heavy (non-hydrogen) atoms. The molecule has 1 atom stereocenters. The van der Waals surface area contributed by atoms with Gasteiger partial charge in [0.1, 0.15) is 23.4 Å². The van der Waals surface area contributed by atoms with Crippen molar-refractivity contribution >= 4 is 0 Å². The topological polar surface area (TPSA) is 42.6 Å². The smallest absolute Gasteiger partial charge is 0.119 e. The van der Waals surface area contributed by atoms with E-state index in [1.54, 1.807) is 0 Å². The van der Waals surface area contributed by atoms with Gasteiger partial charge in [-0.2, -0.15) is 0 Å². The second-order valence-corrected chi connectivity index (χ2v) is 5.39. The van der Waals surface area contributed by atoms with Gasteiger partial charge in [-0.25, -0.2) is 0 Å². The molecular formula is C17H22O3. The lowest BCUT2D eigenvalue weighted by Gasteiger charge is -2.14. The highest BCUT2D eigenvalue weighted by Gasteiger charge is 2.20. The number of aliphatic hydroxyl groups is 1. The Kier molecular flexibility index (Phi) is 4.19. The summed E-state index contributed by atoms with van der Waals surface area (Å²) in [6, 6.07) is 7.56. The molecule has 0 spiro atoms. The van der Waals surface area contributed by atoms with Crippen LogP contribution in [0, 0.1) is 20.8 Å². The van der Waals surface area contributed by atoms with E-state index in [0.29, 0.717) is 0 Å². The van der Waals surface area contributed by atoms with Gasteiger partial charge in [-0.3, -0.25) is 0 Å². The largest absolute Gasteiger partial charge is 0.491 e. The Bertz CT molecular complexity index is 579. The number of aryl methyl sites for hydroxylation is 2. The quantitative estimate of drug-likeness (QED) is 0.913. The van der Waals surface area contributed by atoms with Crippen LogP contribution in [0.3, 0.4) is 0 Å². The van der Waals surface area contributed by atoms with Crippen molar-refractivity contribution in [3.05, 3.63) is 52.5 Å². The number of furan rings is 1. The van der Waals surface area contributed by atoms with Gasteiger partial charge in [0, 0.05) is 5.56 Å². The van der Waals surface area contributed by atoms with Crippen molar-refractivity contribution in [2.45, 2.75) is 46.8 Å². The van der Waals surface area contributed by atoms with Crippen LogP contribution in [0.4, 0.5) is 0 Å². The molecule has 0 aliphatic heterocycles. The molecule has 0 amide bonds. The van der Waals surface area contributed by atoms with Crippen LogP contribution in [0.15, 0.2) is 28.7 Å². The number of rotatable bonds is 4. The van der Waals surface area contributed by atoms with Gasteiger partial charge in [0.2, 0.25) is 0 Å². The predicted molar refractivity (Wildman–Crippen MR) is 79.2 cm³/mol. The third kappa shape index (κ3) is 2.88. The van der Waals surface area contributed by atoms with Gasteiger partial charge >= 0.3 is 0 Å². The first-order valence-electron chi connectivity index (χ1n) is 6.91. The summed E-state index contributed by atoms with van der Waals surface area (Å²) in [7, 11) is 0. The second-order valence-electron chi connectivity index (χ2n) is 5.39. The molecule has 1 unspecified atom stereocenters. The van der Waals surface area contributed by atoms with Crippen LogP contribution >= 0.6 is 0 Å². The number of hydrogen-bond donors (Lipinski definition) is 1. The van der Waals surface area contributed by atoms with E-state index in [0.717, 1.165) is 34.0 Å². The Hall–Kier alpha value is -1.74. The Labute approximate surface area is 120 Å². The molecule has 1 heterocycles. The SMILES string of the molecule is Cc1oc(C)c(C(O)c2ccc(OC(C)C)cc2)c1C. The first kappa shape index (κ1) is 14.7. The molecular weight excluding hydrogens is 252 g/mol. The summed E-state index contributed by atoms with van der Waals surface area (Å²) in [5.74, 6) is 2.44. The predicted octanol–water partition coefficient (Wildman–Crippen LogP) is 4.07. The molecule has 0 saturated heterocycles. The normalized spacial score (nSPS) is 12.8. The van der Waals surface area contributed by atoms with E-state index in [2.05, 4.69) is 0 Å². The maximum atomic E-state index is 10.5. The van der Waals surface area contributed by atoms with Crippen molar-refractivity contribution < 1.29 is 14.3 Å². The highest BCUT2D eigenvalue weighted by Crippen LogP contribution is 2.32. The molecule has 1 N–H and O–H groups in total. The third-order valence-electron chi connectivity index (χ3n) is 3.46. The number of ether oxygens (including phenoxy) is 1. The van der Waals surface area contributed by atoms with Crippen molar-refractivity contribution in [1.82, 2.24) is 0 Å². The Balaban J connectivity index is 2.27. The minimum atomic E-state index is -0.666. The summed E-state index contributed by atoms with van der Waals surface area (Å²) in [5.41, 5.74) is 2.71. The molecule has 1 aromatic heterocycles. The molecule has 0 fully saturated rings. The van der Waals surface area contributed by atoms with E-state index in [9.17, 15) is 5.11 Å². The maximum absolute atomic E-state index is 10.5. The molecule has 108 valence electrons. The highest BCUT2D eigenvalue weighted by molar-refractivity contribution is 5.40. The van der Waals surface area contributed by atoms with E-state index in [1.807, 2.05) is 58.9 Å². The van der Waals surface area contributed by atoms with Crippen LogP contribution in [-0.2, 0) is 0 Å². The standard InChI is InChI=1S/C17H22O3/c1-10(2)19-15-8-6-14(7-9-15)17(18)16-11(3)12(4)20-13(16)5/h6-10,17-18H,1-5H3. The van der Waals surface area contributed by atoms with Gasteiger partial charge in [0.25, 0.3) is 0 Å². The maximum Gasteiger partial charge on any atom is 0.119 e. The summed E-state index contributed by atoms with van der Waals surface area (Å²) < 4.78 is 11.2. The van der Waals surface area contributed by atoms with Crippen LogP contribution in [0.25, 0.3) is 0 Å². The highest BCUT2D eigenvalue weighted by atomic mass is 16.5. The fourth-order valence-electron chi connectivity index (χ4n) is 2.38. The molecule has 2 rings (SSSR count). The summed E-state index contributed by atoms with van der Waals surface area (Å²) >= 11 is 0. The summed E-state index contributed by atoms with van der Waals surface area (Å²) in [6.07, 6.45) is -0.521. The van der Waals surface area contributed by atoms with Crippen LogP contribution in [-0.4, -0.2) is 11.2 Å². The molecule has 0 aliphatic rings. The van der Waals surface area contributed by atoms with E-state index in [1.165, 1.54) is 0 Å². The van der Waals surface area contributed by atoms with Crippen molar-refractivity contribution in [3.63, 3.8) is 0 Å². The minimum absolute atomic E-state index is 0.145. The van der Waals surface area contributed by atoms with Gasteiger partial charge in [0.05, 0.1) is 6.10 Å². The lowest BCUT2D eigenvalue weighted by atomic mass is 9.98. The Morgan fingerprint density at radius 1 is 1.00 bits per heavy atom. The van der Waals surface area contributed by atoms with Crippen LogP contribution in [0.5, 0.6) is 5.75 Å². The summed E-state index contributed by atoms with van der Waals surface area (Å²) in [4.78, 5) is 0. The fourth-order valence-corrected chi connectivity index (χ4v) is 2.38. The first-order valence-corrected chi connectivity index (χ1v) is 6.91. The number of benzene rings is 1. The molecule has 0 saturated carbocycles. The van der Waals surface area contributed by atoms with Gasteiger partial charge in [0.15, 0.2) is 0 Å². The van der Waals surface area contributed by atoms with Crippen molar-refractivity contribution in [3.8, 4) is 5.75 Å². The molecule has 0 radical (unpaired) electrons. The van der Waals surface area contributed by atoms with E-state index in [4.69, 9.17) is 9.15 Å². The Morgan fingerprint density at radius 3 is 2.05 bits per heavy atom. The lowest BCUT2D eigenvalue weighted by molar-refractivity contribution is 0.216. The molecule has 3 nitrogen and oxygen atoms in total. The van der Waals surface area contributed by atoms with Gasteiger partial charge < -0.3 is 14.3 Å². The van der Waals surface area contributed by atoms with Crippen LogP contribution in [0.1, 0.15) is 48.2 Å². The van der Waals surface area contributed by atoms with Gasteiger partial charge in [-0.05, 0) is 57.9 Å². The molecule has 0 aliphatic carbocycles. The van der Waals surface area contributed by atoms with Crippen molar-refractivity contribution in [2.24, 2.45) is 0 Å². The van der Waals surface area contributed by atoms with E-state index >= 15 is 0 Å². The molecule has 2 aromatic rings. The lowest BCUT2D eigenvalue weighted by Crippen LogP contribution is -2.06. The van der Waals surface area contributed by atoms with Crippen LogP contribution < -0.4 is 4.74 Å². The first-order chi connectivity index (χ1) is 9.40. The second kappa shape index (κ2) is 5.71. The van der Waals surface area contributed by atoms with Gasteiger partial charge in [-0.15, -0.1) is 0 Å². The molecule has 3 heteroatoms. The number of aliphatic hydroxyl groups excluding tert-OH is 1. The Morgan fingerprint density at radius 2 is 1.60 bits per heavy atom. The van der Waals surface area contributed by atoms with E-state index in [-0.39, 0.29) is 6.10 Å².